The smallest absolute Gasteiger partial charge is 0.171 e. The number of rotatable bonds is 5. The van der Waals surface area contributed by atoms with Gasteiger partial charge in [-0.05, 0) is 74.7 Å². The molecule has 2 heterocycles. The molecule has 3 rings (SSSR count). The quantitative estimate of drug-likeness (QED) is 0.719. The SMILES string of the molecule is Cc1cccc(NC(=S)NC[C@@H](c2ccco2)[NH+]2CCCCC2)c1C. The van der Waals surface area contributed by atoms with Crippen LogP contribution in [0.5, 0.6) is 0 Å². The molecule has 0 spiro atoms. The third-order valence-corrected chi connectivity index (χ3v) is 5.44. The number of thiocarbonyl (C=S) groups is 1. The summed E-state index contributed by atoms with van der Waals surface area (Å²) >= 11 is 5.53. The summed E-state index contributed by atoms with van der Waals surface area (Å²) in [7, 11) is 0. The molecule has 0 aliphatic carbocycles. The number of nitrogens with one attached hydrogen (secondary N) is 3. The summed E-state index contributed by atoms with van der Waals surface area (Å²) in [6.07, 6.45) is 5.68. The molecule has 0 radical (unpaired) electrons. The molecule has 1 aliphatic heterocycles. The van der Waals surface area contributed by atoms with E-state index in [2.05, 4.69) is 48.7 Å². The van der Waals surface area contributed by atoms with Crippen molar-refractivity contribution in [2.75, 3.05) is 25.0 Å². The second kappa shape index (κ2) is 8.50. The molecule has 0 bridgehead atoms. The first-order chi connectivity index (χ1) is 12.1. The van der Waals surface area contributed by atoms with E-state index in [4.69, 9.17) is 16.6 Å². The van der Waals surface area contributed by atoms with Crippen LogP contribution >= 0.6 is 12.2 Å². The lowest BCUT2D eigenvalue weighted by molar-refractivity contribution is -0.936. The fraction of sp³-hybridized carbons (Fsp3) is 0.450. The van der Waals surface area contributed by atoms with Gasteiger partial charge in [-0.3, -0.25) is 0 Å². The van der Waals surface area contributed by atoms with Crippen molar-refractivity contribution in [3.63, 3.8) is 0 Å². The summed E-state index contributed by atoms with van der Waals surface area (Å²) in [5, 5.41) is 7.41. The molecule has 25 heavy (non-hydrogen) atoms. The predicted octanol–water partition coefficient (Wildman–Crippen LogP) is 2.99. The number of aryl methyl sites for hydroxylation is 1. The van der Waals surface area contributed by atoms with Gasteiger partial charge in [0.25, 0.3) is 0 Å². The molecule has 0 saturated carbocycles. The van der Waals surface area contributed by atoms with Crippen molar-refractivity contribution >= 4 is 23.0 Å². The number of piperidine rings is 1. The second-order valence-corrected chi connectivity index (χ2v) is 7.28. The number of furan rings is 1. The Hall–Kier alpha value is -1.85. The second-order valence-electron chi connectivity index (χ2n) is 6.87. The van der Waals surface area contributed by atoms with E-state index in [1.54, 1.807) is 11.2 Å². The van der Waals surface area contributed by atoms with E-state index in [9.17, 15) is 0 Å². The van der Waals surface area contributed by atoms with Gasteiger partial charge in [0.05, 0.1) is 25.9 Å². The first-order valence-electron chi connectivity index (χ1n) is 9.14. The van der Waals surface area contributed by atoms with Crippen LogP contribution in [0.1, 0.15) is 42.2 Å². The predicted molar refractivity (Wildman–Crippen MR) is 106 cm³/mol. The number of hydrogen-bond donors (Lipinski definition) is 3. The molecule has 3 N–H and O–H groups in total. The normalized spacial score (nSPS) is 16.4. The van der Waals surface area contributed by atoms with Crippen LogP contribution < -0.4 is 15.5 Å². The molecule has 1 atom stereocenters. The van der Waals surface area contributed by atoms with Crippen LogP contribution in [-0.4, -0.2) is 24.7 Å². The lowest BCUT2D eigenvalue weighted by Crippen LogP contribution is -3.13. The van der Waals surface area contributed by atoms with Crippen LogP contribution in [0.15, 0.2) is 41.0 Å². The van der Waals surface area contributed by atoms with Gasteiger partial charge in [0.2, 0.25) is 0 Å². The average molecular weight is 359 g/mol. The third kappa shape index (κ3) is 4.61. The number of benzene rings is 1. The summed E-state index contributed by atoms with van der Waals surface area (Å²) in [6.45, 7) is 7.40. The van der Waals surface area contributed by atoms with Gasteiger partial charge in [-0.1, -0.05) is 12.1 Å². The van der Waals surface area contributed by atoms with Crippen LogP contribution in [0.2, 0.25) is 0 Å². The number of likely N-dealkylation sites (tertiary alicyclic amines) is 1. The molecule has 2 aromatic rings. The standard InChI is InChI=1S/C20H27N3OS/c1-15-8-6-9-17(16(15)2)22-20(25)21-14-18(19-10-7-13-24-19)23-11-4-3-5-12-23/h6-10,13,18H,3-5,11-12,14H2,1-2H3,(H2,21,22,25)/p+1/t18-/m0/s1. The number of anilines is 1. The monoisotopic (exact) mass is 358 g/mol. The van der Waals surface area contributed by atoms with Crippen molar-refractivity contribution in [3.05, 3.63) is 53.5 Å². The Kier molecular flexibility index (Phi) is 6.10. The highest BCUT2D eigenvalue weighted by Gasteiger charge is 2.28. The highest BCUT2D eigenvalue weighted by atomic mass is 32.1. The topological polar surface area (TPSA) is 41.6 Å². The molecule has 4 nitrogen and oxygen atoms in total. The highest BCUT2D eigenvalue weighted by molar-refractivity contribution is 7.80. The van der Waals surface area contributed by atoms with E-state index in [1.165, 1.54) is 43.5 Å². The van der Waals surface area contributed by atoms with Crippen LogP contribution in [0.25, 0.3) is 0 Å². The average Bonchev–Trinajstić information content (AvgIpc) is 3.14. The zero-order chi connectivity index (χ0) is 17.6. The van der Waals surface area contributed by atoms with E-state index in [1.807, 2.05) is 6.07 Å². The van der Waals surface area contributed by atoms with Gasteiger partial charge >= 0.3 is 0 Å². The zero-order valence-corrected chi connectivity index (χ0v) is 15.9. The lowest BCUT2D eigenvalue weighted by atomic mass is 10.1. The van der Waals surface area contributed by atoms with Crippen LogP contribution in [0, 0.1) is 13.8 Å². The van der Waals surface area contributed by atoms with Crippen molar-refractivity contribution in [1.29, 1.82) is 0 Å². The van der Waals surface area contributed by atoms with Crippen molar-refractivity contribution in [1.82, 2.24) is 5.32 Å². The molecule has 0 unspecified atom stereocenters. The summed E-state index contributed by atoms with van der Waals surface area (Å²) in [4.78, 5) is 1.59. The van der Waals surface area contributed by atoms with Gasteiger partial charge in [0.15, 0.2) is 16.9 Å². The fourth-order valence-electron chi connectivity index (χ4n) is 3.54. The lowest BCUT2D eigenvalue weighted by Gasteiger charge is -2.30. The Bertz CT molecular complexity index is 693. The van der Waals surface area contributed by atoms with E-state index in [0.29, 0.717) is 11.2 Å². The minimum absolute atomic E-state index is 0.300. The van der Waals surface area contributed by atoms with Crippen molar-refractivity contribution in [2.24, 2.45) is 0 Å². The summed E-state index contributed by atoms with van der Waals surface area (Å²) in [5.74, 6) is 1.04. The van der Waals surface area contributed by atoms with Crippen LogP contribution in [0.3, 0.4) is 0 Å². The fourth-order valence-corrected chi connectivity index (χ4v) is 3.73. The molecular weight excluding hydrogens is 330 g/mol. The molecule has 1 fully saturated rings. The molecule has 5 heteroatoms. The van der Waals surface area contributed by atoms with Gasteiger partial charge < -0.3 is 20.0 Å². The van der Waals surface area contributed by atoms with E-state index >= 15 is 0 Å². The van der Waals surface area contributed by atoms with E-state index in [0.717, 1.165) is 18.0 Å². The minimum atomic E-state index is 0.300. The van der Waals surface area contributed by atoms with Crippen LogP contribution in [0.4, 0.5) is 5.69 Å². The maximum atomic E-state index is 5.71. The highest BCUT2D eigenvalue weighted by Crippen LogP contribution is 2.18. The van der Waals surface area contributed by atoms with Gasteiger partial charge in [-0.2, -0.15) is 0 Å². The number of hydrogen-bond acceptors (Lipinski definition) is 2. The van der Waals surface area contributed by atoms with Gasteiger partial charge in [-0.25, -0.2) is 0 Å². The Morgan fingerprint density at radius 2 is 1.96 bits per heavy atom. The van der Waals surface area contributed by atoms with Gasteiger partial charge in [-0.15, -0.1) is 0 Å². The Balaban J connectivity index is 1.62. The van der Waals surface area contributed by atoms with Crippen molar-refractivity contribution < 1.29 is 9.32 Å². The minimum Gasteiger partial charge on any atom is -0.463 e. The molecule has 1 saturated heterocycles. The molecule has 1 aromatic carbocycles. The maximum absolute atomic E-state index is 5.71. The Morgan fingerprint density at radius 3 is 2.68 bits per heavy atom. The summed E-state index contributed by atoms with van der Waals surface area (Å²) in [6, 6.07) is 10.6. The third-order valence-electron chi connectivity index (χ3n) is 5.19. The summed E-state index contributed by atoms with van der Waals surface area (Å²) < 4.78 is 5.71. The van der Waals surface area contributed by atoms with Crippen molar-refractivity contribution in [2.45, 2.75) is 39.2 Å². The summed E-state index contributed by atoms with van der Waals surface area (Å²) in [5.41, 5.74) is 3.56. The van der Waals surface area contributed by atoms with Crippen LogP contribution in [-0.2, 0) is 0 Å². The first kappa shape index (κ1) is 18.0. The largest absolute Gasteiger partial charge is 0.463 e. The molecule has 0 amide bonds. The molecule has 1 aliphatic rings. The number of quaternary nitrogens is 1. The zero-order valence-electron chi connectivity index (χ0n) is 15.1. The van der Waals surface area contributed by atoms with E-state index < -0.39 is 0 Å². The van der Waals surface area contributed by atoms with Gasteiger partial charge in [0.1, 0.15) is 0 Å². The molecule has 1 aromatic heterocycles. The maximum Gasteiger partial charge on any atom is 0.171 e. The van der Waals surface area contributed by atoms with E-state index in [-0.39, 0.29) is 0 Å². The molecule has 134 valence electrons. The Labute approximate surface area is 155 Å². The first-order valence-corrected chi connectivity index (χ1v) is 9.55. The van der Waals surface area contributed by atoms with Crippen molar-refractivity contribution in [3.8, 4) is 0 Å². The molecular formula is C20H28N3OS+. The van der Waals surface area contributed by atoms with Gasteiger partial charge in [0, 0.05) is 5.69 Å². The Morgan fingerprint density at radius 1 is 1.16 bits per heavy atom.